The van der Waals surface area contributed by atoms with Gasteiger partial charge < -0.3 is 11.1 Å². The van der Waals surface area contributed by atoms with E-state index in [-0.39, 0.29) is 17.9 Å². The van der Waals surface area contributed by atoms with Crippen molar-refractivity contribution in [2.75, 3.05) is 5.73 Å². The fourth-order valence-corrected chi connectivity index (χ4v) is 3.39. The Bertz CT molecular complexity index is 935. The summed E-state index contributed by atoms with van der Waals surface area (Å²) in [5.74, 6) is 0.724. The third-order valence-electron chi connectivity index (χ3n) is 4.78. The third-order valence-corrected chi connectivity index (χ3v) is 4.78. The summed E-state index contributed by atoms with van der Waals surface area (Å²) in [6, 6.07) is 10.1. The van der Waals surface area contributed by atoms with E-state index in [4.69, 9.17) is 5.73 Å². The minimum Gasteiger partial charge on any atom is -0.366 e. The fourth-order valence-electron chi connectivity index (χ4n) is 3.39. The summed E-state index contributed by atoms with van der Waals surface area (Å²) < 4.78 is 1.64. The number of carbonyl (C=O) groups excluding carboxylic acids is 1. The number of nitrogen functional groups attached to an aromatic ring is 1. The van der Waals surface area contributed by atoms with E-state index in [9.17, 15) is 4.79 Å². The summed E-state index contributed by atoms with van der Waals surface area (Å²) in [5, 5.41) is 7.34. The van der Waals surface area contributed by atoms with Crippen molar-refractivity contribution in [1.82, 2.24) is 24.9 Å². The third kappa shape index (κ3) is 4.24. The largest absolute Gasteiger partial charge is 0.366 e. The molecule has 1 amide bonds. The summed E-state index contributed by atoms with van der Waals surface area (Å²) in [4.78, 5) is 21.1. The van der Waals surface area contributed by atoms with Crippen LogP contribution < -0.4 is 11.1 Å². The maximum atomic E-state index is 12.6. The lowest BCUT2D eigenvalue weighted by atomic mass is 10.0. The molecule has 0 aliphatic rings. The van der Waals surface area contributed by atoms with Gasteiger partial charge in [0.1, 0.15) is 0 Å². The van der Waals surface area contributed by atoms with Crippen LogP contribution in [0.3, 0.4) is 0 Å². The average Bonchev–Trinajstić information content (AvgIpc) is 3.02. The minimum atomic E-state index is 0.0364. The van der Waals surface area contributed by atoms with Crippen molar-refractivity contribution in [3.63, 3.8) is 0 Å². The van der Waals surface area contributed by atoms with E-state index in [1.807, 2.05) is 32.0 Å². The van der Waals surface area contributed by atoms with Crippen molar-refractivity contribution in [2.24, 2.45) is 0 Å². The summed E-state index contributed by atoms with van der Waals surface area (Å²) in [7, 11) is 0. The van der Waals surface area contributed by atoms with Crippen molar-refractivity contribution in [3.8, 4) is 0 Å². The molecule has 0 saturated carbocycles. The van der Waals surface area contributed by atoms with Gasteiger partial charge in [-0.25, -0.2) is 4.98 Å². The monoisotopic (exact) mass is 366 g/mol. The number of benzene rings is 1. The summed E-state index contributed by atoms with van der Waals surface area (Å²) >= 11 is 0. The molecular weight excluding hydrogens is 340 g/mol. The van der Waals surface area contributed by atoms with E-state index in [0.29, 0.717) is 18.6 Å². The van der Waals surface area contributed by atoms with Gasteiger partial charge in [-0.2, -0.15) is 9.50 Å². The van der Waals surface area contributed by atoms with Crippen LogP contribution in [0.2, 0.25) is 0 Å². The van der Waals surface area contributed by atoms with Crippen LogP contribution in [-0.4, -0.2) is 25.5 Å². The maximum Gasteiger partial charge on any atom is 0.254 e. The predicted molar refractivity (Wildman–Crippen MR) is 105 cm³/mol. The Morgan fingerprint density at radius 1 is 1.22 bits per heavy atom. The molecule has 0 radical (unpaired) electrons. The van der Waals surface area contributed by atoms with Crippen molar-refractivity contribution >= 4 is 17.6 Å². The zero-order valence-corrected chi connectivity index (χ0v) is 16.1. The molecule has 0 aliphatic carbocycles. The smallest absolute Gasteiger partial charge is 0.254 e. The Balaban J connectivity index is 1.70. The van der Waals surface area contributed by atoms with Crippen LogP contribution >= 0.6 is 0 Å². The highest BCUT2D eigenvalue weighted by Gasteiger charge is 2.16. The van der Waals surface area contributed by atoms with Crippen LogP contribution in [0.5, 0.6) is 0 Å². The molecule has 7 nitrogen and oxygen atoms in total. The molecule has 0 bridgehead atoms. The van der Waals surface area contributed by atoms with E-state index in [0.717, 1.165) is 35.4 Å². The Labute approximate surface area is 159 Å². The number of aryl methyl sites for hydroxylation is 2. The van der Waals surface area contributed by atoms with Crippen LogP contribution in [0.4, 0.5) is 5.95 Å². The molecule has 3 aromatic rings. The summed E-state index contributed by atoms with van der Waals surface area (Å²) in [5.41, 5.74) is 9.60. The molecule has 2 heterocycles. The Kier molecular flexibility index (Phi) is 5.69. The molecular formula is C20H26N6O. The van der Waals surface area contributed by atoms with Gasteiger partial charge in [-0.3, -0.25) is 4.79 Å². The standard InChI is InChI=1S/C20H26N6O/c1-4-8-17(15-9-6-5-7-10-15)23-18(27)12-11-16-13(2)22-20-24-19(21)25-26(20)14(16)3/h5-7,9-10,17H,4,8,11-12H2,1-3H3,(H2,21,25)(H,23,27)/t17-/m0/s1. The number of nitrogens with zero attached hydrogens (tertiary/aromatic N) is 4. The van der Waals surface area contributed by atoms with Crippen LogP contribution in [0.1, 0.15) is 54.7 Å². The number of fused-ring (bicyclic) bond motifs is 1. The molecule has 0 spiro atoms. The first-order chi connectivity index (χ1) is 13.0. The minimum absolute atomic E-state index is 0.0364. The highest BCUT2D eigenvalue weighted by molar-refractivity contribution is 5.76. The molecule has 0 unspecified atom stereocenters. The van der Waals surface area contributed by atoms with E-state index in [2.05, 4.69) is 39.4 Å². The molecule has 7 heteroatoms. The first kappa shape index (κ1) is 18.8. The zero-order chi connectivity index (χ0) is 19.4. The second kappa shape index (κ2) is 8.16. The van der Waals surface area contributed by atoms with Crippen molar-refractivity contribution in [3.05, 3.63) is 52.8 Å². The SMILES string of the molecule is CCC[C@H](NC(=O)CCc1c(C)nc2nc(N)nn2c1C)c1ccccc1. The summed E-state index contributed by atoms with van der Waals surface area (Å²) in [6.07, 6.45) is 2.91. The molecule has 1 atom stereocenters. The fraction of sp³-hybridized carbons (Fsp3) is 0.400. The Hall–Kier alpha value is -2.96. The van der Waals surface area contributed by atoms with E-state index < -0.39 is 0 Å². The number of hydrogen-bond acceptors (Lipinski definition) is 5. The Morgan fingerprint density at radius 3 is 2.67 bits per heavy atom. The van der Waals surface area contributed by atoms with Gasteiger partial charge >= 0.3 is 0 Å². The molecule has 3 rings (SSSR count). The summed E-state index contributed by atoms with van der Waals surface area (Å²) in [6.45, 7) is 6.00. The average molecular weight is 366 g/mol. The predicted octanol–water partition coefficient (Wildman–Crippen LogP) is 2.91. The van der Waals surface area contributed by atoms with Crippen molar-refractivity contribution < 1.29 is 4.79 Å². The van der Waals surface area contributed by atoms with Crippen LogP contribution in [0.15, 0.2) is 30.3 Å². The number of carbonyl (C=O) groups is 1. The number of rotatable bonds is 7. The molecule has 0 fully saturated rings. The van der Waals surface area contributed by atoms with Crippen LogP contribution in [-0.2, 0) is 11.2 Å². The number of aromatic nitrogens is 4. The number of anilines is 1. The number of hydrogen-bond donors (Lipinski definition) is 2. The van der Waals surface area contributed by atoms with E-state index in [1.165, 1.54) is 0 Å². The second-order valence-corrected chi connectivity index (χ2v) is 6.76. The van der Waals surface area contributed by atoms with E-state index >= 15 is 0 Å². The molecule has 2 aromatic heterocycles. The van der Waals surface area contributed by atoms with Gasteiger partial charge in [-0.1, -0.05) is 43.7 Å². The quantitative estimate of drug-likeness (QED) is 0.670. The molecule has 1 aromatic carbocycles. The topological polar surface area (TPSA) is 98.2 Å². The van der Waals surface area contributed by atoms with Crippen molar-refractivity contribution in [1.29, 1.82) is 0 Å². The van der Waals surface area contributed by atoms with Gasteiger partial charge in [0, 0.05) is 17.8 Å². The van der Waals surface area contributed by atoms with Gasteiger partial charge in [0.15, 0.2) is 0 Å². The maximum absolute atomic E-state index is 12.6. The number of nitrogens with two attached hydrogens (primary N) is 1. The molecule has 142 valence electrons. The first-order valence-electron chi connectivity index (χ1n) is 9.32. The highest BCUT2D eigenvalue weighted by atomic mass is 16.1. The van der Waals surface area contributed by atoms with Gasteiger partial charge in [-0.15, -0.1) is 5.10 Å². The lowest BCUT2D eigenvalue weighted by Gasteiger charge is -2.19. The highest BCUT2D eigenvalue weighted by Crippen LogP contribution is 2.19. The van der Waals surface area contributed by atoms with Crippen LogP contribution in [0.25, 0.3) is 5.78 Å². The van der Waals surface area contributed by atoms with Gasteiger partial charge in [-0.05, 0) is 37.8 Å². The number of amides is 1. The zero-order valence-electron chi connectivity index (χ0n) is 16.1. The van der Waals surface area contributed by atoms with Crippen molar-refractivity contribution in [2.45, 2.75) is 52.5 Å². The molecule has 27 heavy (non-hydrogen) atoms. The second-order valence-electron chi connectivity index (χ2n) is 6.76. The number of nitrogens with one attached hydrogen (secondary N) is 1. The Morgan fingerprint density at radius 2 is 1.96 bits per heavy atom. The lowest BCUT2D eigenvalue weighted by Crippen LogP contribution is -2.28. The van der Waals surface area contributed by atoms with Gasteiger partial charge in [0.25, 0.3) is 5.78 Å². The van der Waals surface area contributed by atoms with E-state index in [1.54, 1.807) is 4.52 Å². The first-order valence-corrected chi connectivity index (χ1v) is 9.32. The van der Waals surface area contributed by atoms with Gasteiger partial charge in [0.2, 0.25) is 11.9 Å². The molecule has 0 saturated heterocycles. The lowest BCUT2D eigenvalue weighted by molar-refractivity contribution is -0.121. The van der Waals surface area contributed by atoms with Crippen LogP contribution in [0, 0.1) is 13.8 Å². The van der Waals surface area contributed by atoms with Gasteiger partial charge in [0.05, 0.1) is 6.04 Å². The normalized spacial score (nSPS) is 12.3. The molecule has 3 N–H and O–H groups in total. The molecule has 0 aliphatic heterocycles.